The lowest BCUT2D eigenvalue weighted by Gasteiger charge is -2.28. The van der Waals surface area contributed by atoms with Crippen LogP contribution < -0.4 is 9.47 Å². The van der Waals surface area contributed by atoms with Crippen LogP contribution in [-0.4, -0.2) is 79.3 Å². The van der Waals surface area contributed by atoms with Gasteiger partial charge >= 0.3 is 0 Å². The van der Waals surface area contributed by atoms with E-state index >= 15 is 0 Å². The fourth-order valence-electron chi connectivity index (χ4n) is 3.70. The highest BCUT2D eigenvalue weighted by Gasteiger charge is 2.24. The summed E-state index contributed by atoms with van der Waals surface area (Å²) < 4.78 is 17.8. The Morgan fingerprint density at radius 2 is 1.64 bits per heavy atom. The van der Waals surface area contributed by atoms with Gasteiger partial charge in [0.25, 0.3) is 0 Å². The second-order valence-corrected chi connectivity index (χ2v) is 10.3. The van der Waals surface area contributed by atoms with Gasteiger partial charge in [0, 0.05) is 25.0 Å². The smallest absolute Gasteiger partial charge is 0.132 e. The third-order valence-corrected chi connectivity index (χ3v) is 7.05. The predicted octanol–water partition coefficient (Wildman–Crippen LogP) is 3.67. The number of alkyl halides is 1. The van der Waals surface area contributed by atoms with Gasteiger partial charge in [-0.1, -0.05) is 32.0 Å². The van der Waals surface area contributed by atoms with Crippen LogP contribution in [0.2, 0.25) is 0 Å². The second-order valence-electron chi connectivity index (χ2n) is 8.79. The minimum Gasteiger partial charge on any atom is -0.491 e. The van der Waals surface area contributed by atoms with Crippen molar-refractivity contribution >= 4 is 34.2 Å². The molecular formula is C25H33ClINO5. The molecule has 0 amide bonds. The molecular weight excluding hydrogens is 557 g/mol. The summed E-state index contributed by atoms with van der Waals surface area (Å²) in [7, 11) is 0. The molecule has 2 aromatic carbocycles. The largest absolute Gasteiger partial charge is 0.491 e. The molecule has 2 atom stereocenters. The first kappa shape index (κ1) is 26.5. The summed E-state index contributed by atoms with van der Waals surface area (Å²) in [4.78, 5) is 2.20. The van der Waals surface area contributed by atoms with E-state index in [1.165, 1.54) is 0 Å². The maximum atomic E-state index is 10.3. The Hall–Kier alpha value is -1.10. The highest BCUT2D eigenvalue weighted by Crippen LogP contribution is 2.35. The molecule has 1 heterocycles. The molecule has 0 spiro atoms. The van der Waals surface area contributed by atoms with Crippen molar-refractivity contribution in [2.75, 3.05) is 51.9 Å². The number of nitrogens with zero attached hydrogens (tertiary/aromatic N) is 1. The van der Waals surface area contributed by atoms with E-state index in [-0.39, 0.29) is 24.5 Å². The summed E-state index contributed by atoms with van der Waals surface area (Å²) in [5.41, 5.74) is 2.10. The molecule has 0 bridgehead atoms. The van der Waals surface area contributed by atoms with Crippen LogP contribution in [0.25, 0.3) is 0 Å². The summed E-state index contributed by atoms with van der Waals surface area (Å²) in [5.74, 6) is 1.62. The standard InChI is InChI=1S/C25H33ClINO5/c1-25(2,19-5-8-24(23(27)13-19)33-16-20(29)14-26)18-3-6-22(7-4-18)32-17-21(30)15-28-9-11-31-12-10-28/h3-8,13,20-21,29-30H,9-12,14-17H2,1-2H3. The quantitative estimate of drug-likeness (QED) is 0.308. The van der Waals surface area contributed by atoms with Crippen molar-refractivity contribution in [3.63, 3.8) is 0 Å². The summed E-state index contributed by atoms with van der Waals surface area (Å²) >= 11 is 7.89. The van der Waals surface area contributed by atoms with Crippen LogP contribution in [0.1, 0.15) is 25.0 Å². The molecule has 6 nitrogen and oxygen atoms in total. The minimum absolute atomic E-state index is 0.147. The van der Waals surface area contributed by atoms with Gasteiger partial charge < -0.3 is 24.4 Å². The van der Waals surface area contributed by atoms with E-state index in [1.807, 2.05) is 18.2 Å². The summed E-state index contributed by atoms with van der Waals surface area (Å²) in [6.07, 6.45) is -1.22. The lowest BCUT2D eigenvalue weighted by atomic mass is 9.78. The Morgan fingerprint density at radius 3 is 2.27 bits per heavy atom. The Bertz CT molecular complexity index is 874. The number of aliphatic hydroxyl groups is 2. The second kappa shape index (κ2) is 12.6. The fourth-order valence-corrected chi connectivity index (χ4v) is 4.46. The van der Waals surface area contributed by atoms with Gasteiger partial charge in [-0.15, -0.1) is 11.6 Å². The zero-order valence-corrected chi connectivity index (χ0v) is 22.1. The maximum absolute atomic E-state index is 10.3. The third-order valence-electron chi connectivity index (χ3n) is 5.85. The van der Waals surface area contributed by atoms with Crippen LogP contribution in [-0.2, 0) is 10.2 Å². The molecule has 0 saturated carbocycles. The molecule has 0 radical (unpaired) electrons. The van der Waals surface area contributed by atoms with E-state index in [4.69, 9.17) is 25.8 Å². The van der Waals surface area contributed by atoms with Crippen molar-refractivity contribution in [3.8, 4) is 11.5 Å². The molecule has 1 aliphatic rings. The molecule has 0 aliphatic carbocycles. The van der Waals surface area contributed by atoms with Crippen LogP contribution in [0.15, 0.2) is 42.5 Å². The first-order valence-corrected chi connectivity index (χ1v) is 12.8. The molecule has 8 heteroatoms. The monoisotopic (exact) mass is 589 g/mol. The Morgan fingerprint density at radius 1 is 1.00 bits per heavy atom. The summed E-state index contributed by atoms with van der Waals surface area (Å²) in [5, 5.41) is 19.9. The van der Waals surface area contributed by atoms with Gasteiger partial charge in [-0.2, -0.15) is 0 Å². The van der Waals surface area contributed by atoms with Crippen LogP contribution in [0.3, 0.4) is 0 Å². The molecule has 2 aromatic rings. The normalized spacial score (nSPS) is 16.9. The van der Waals surface area contributed by atoms with Crippen LogP contribution in [0, 0.1) is 3.57 Å². The van der Waals surface area contributed by atoms with Crippen molar-refractivity contribution in [3.05, 3.63) is 57.2 Å². The lowest BCUT2D eigenvalue weighted by Crippen LogP contribution is -2.42. The van der Waals surface area contributed by atoms with Crippen molar-refractivity contribution in [1.29, 1.82) is 0 Å². The average molecular weight is 590 g/mol. The molecule has 1 saturated heterocycles. The molecule has 0 aromatic heterocycles. The van der Waals surface area contributed by atoms with Crippen LogP contribution in [0.5, 0.6) is 11.5 Å². The van der Waals surface area contributed by atoms with Crippen molar-refractivity contribution < 1.29 is 24.4 Å². The van der Waals surface area contributed by atoms with E-state index in [9.17, 15) is 10.2 Å². The SMILES string of the molecule is CC(C)(c1ccc(OCC(O)CN2CCOCC2)cc1)c1ccc(OCC(O)CCl)c(I)c1. The lowest BCUT2D eigenvalue weighted by molar-refractivity contribution is 0.00465. The fraction of sp³-hybridized carbons (Fsp3) is 0.520. The predicted molar refractivity (Wildman–Crippen MR) is 139 cm³/mol. The first-order valence-electron chi connectivity index (χ1n) is 11.2. The Balaban J connectivity index is 1.57. The molecule has 1 fully saturated rings. The molecule has 2 N–H and O–H groups in total. The van der Waals surface area contributed by atoms with Gasteiger partial charge in [0.2, 0.25) is 0 Å². The van der Waals surface area contributed by atoms with Crippen LogP contribution in [0.4, 0.5) is 0 Å². The van der Waals surface area contributed by atoms with E-state index in [2.05, 4.69) is 65.6 Å². The van der Waals surface area contributed by atoms with Crippen molar-refractivity contribution in [2.24, 2.45) is 0 Å². The number of hydrogen-bond acceptors (Lipinski definition) is 6. The molecule has 3 rings (SSSR count). The Labute approximate surface area is 214 Å². The number of benzene rings is 2. The number of ether oxygens (including phenoxy) is 3. The zero-order valence-electron chi connectivity index (χ0n) is 19.2. The zero-order chi connectivity index (χ0) is 23.8. The van der Waals surface area contributed by atoms with Crippen LogP contribution >= 0.6 is 34.2 Å². The number of hydrogen-bond donors (Lipinski definition) is 2. The average Bonchev–Trinajstić information content (AvgIpc) is 2.82. The number of β-amino-alcohol motifs (C(OH)–C–C–N with tert-alkyl or cyclic N) is 1. The van der Waals surface area contributed by atoms with E-state index in [1.54, 1.807) is 0 Å². The number of rotatable bonds is 11. The first-order chi connectivity index (χ1) is 15.8. The van der Waals surface area contributed by atoms with Gasteiger partial charge in [-0.3, -0.25) is 4.90 Å². The highest BCUT2D eigenvalue weighted by molar-refractivity contribution is 14.1. The topological polar surface area (TPSA) is 71.4 Å². The highest BCUT2D eigenvalue weighted by atomic mass is 127. The summed E-state index contributed by atoms with van der Waals surface area (Å²) in [6.45, 7) is 8.52. The minimum atomic E-state index is -0.681. The Kier molecular flexibility index (Phi) is 10.1. The van der Waals surface area contributed by atoms with Gasteiger partial charge in [0.05, 0.1) is 22.7 Å². The van der Waals surface area contributed by atoms with Gasteiger partial charge in [0.1, 0.15) is 36.9 Å². The summed E-state index contributed by atoms with van der Waals surface area (Å²) in [6, 6.07) is 14.1. The van der Waals surface area contributed by atoms with Crippen molar-refractivity contribution in [2.45, 2.75) is 31.5 Å². The molecule has 1 aliphatic heterocycles. The number of morpholine rings is 1. The van der Waals surface area contributed by atoms with E-state index in [0.29, 0.717) is 6.54 Å². The number of halogens is 2. The maximum Gasteiger partial charge on any atom is 0.132 e. The van der Waals surface area contributed by atoms with Gasteiger partial charge in [-0.05, 0) is 58.0 Å². The molecule has 182 valence electrons. The van der Waals surface area contributed by atoms with E-state index < -0.39 is 12.2 Å². The van der Waals surface area contributed by atoms with Crippen molar-refractivity contribution in [1.82, 2.24) is 4.90 Å². The third kappa shape index (κ3) is 7.70. The molecule has 33 heavy (non-hydrogen) atoms. The van der Waals surface area contributed by atoms with Gasteiger partial charge in [0.15, 0.2) is 0 Å². The van der Waals surface area contributed by atoms with E-state index in [0.717, 1.165) is 52.5 Å². The number of aliphatic hydroxyl groups excluding tert-OH is 2. The van der Waals surface area contributed by atoms with Gasteiger partial charge in [-0.25, -0.2) is 0 Å². The molecule has 2 unspecified atom stereocenters.